The number of hydrogen-bond donors (Lipinski definition) is 1. The normalized spacial score (nSPS) is 9.21. The van der Waals surface area contributed by atoms with Gasteiger partial charge in [-0.2, -0.15) is 0 Å². The minimum Gasteiger partial charge on any atom is -0.492 e. The lowest BCUT2D eigenvalue weighted by Gasteiger charge is -2.10. The first-order valence-corrected chi connectivity index (χ1v) is 4.75. The molecule has 0 amide bonds. The molecule has 1 aromatic rings. The number of anilines is 1. The van der Waals surface area contributed by atoms with E-state index >= 15 is 0 Å². The van der Waals surface area contributed by atoms with Crippen molar-refractivity contribution in [2.45, 2.75) is 6.92 Å². The van der Waals surface area contributed by atoms with Crippen LogP contribution in [0.3, 0.4) is 0 Å². The van der Waals surface area contributed by atoms with Gasteiger partial charge in [0.1, 0.15) is 5.75 Å². The third-order valence-electron chi connectivity index (χ3n) is 1.62. The molecule has 1 rings (SSSR count). The molecule has 0 saturated heterocycles. The molecule has 2 nitrogen and oxygen atoms in total. The molecule has 74 valence electrons. The van der Waals surface area contributed by atoms with E-state index < -0.39 is 0 Å². The smallest absolute Gasteiger partial charge is 0.142 e. The van der Waals surface area contributed by atoms with Crippen LogP contribution in [0.1, 0.15) is 6.92 Å². The van der Waals surface area contributed by atoms with Crippen molar-refractivity contribution in [2.24, 2.45) is 0 Å². The van der Waals surface area contributed by atoms with Crippen LogP contribution in [0.2, 0.25) is 5.02 Å². The van der Waals surface area contributed by atoms with E-state index in [0.29, 0.717) is 18.2 Å². The molecule has 0 unspecified atom stereocenters. The fourth-order valence-electron chi connectivity index (χ4n) is 1.07. The number of nitrogens with one attached hydrogen (secondary N) is 1. The predicted molar refractivity (Wildman–Crippen MR) is 59.9 cm³/mol. The van der Waals surface area contributed by atoms with Crippen molar-refractivity contribution in [1.82, 2.24) is 0 Å². The van der Waals surface area contributed by atoms with Crippen molar-refractivity contribution < 1.29 is 4.74 Å². The second kappa shape index (κ2) is 5.41. The third kappa shape index (κ3) is 2.86. The third-order valence-corrected chi connectivity index (χ3v) is 1.86. The minimum absolute atomic E-state index is 0.459. The zero-order valence-electron chi connectivity index (χ0n) is 8.01. The van der Waals surface area contributed by atoms with Crippen LogP contribution in [0.5, 0.6) is 5.75 Å². The fraction of sp³-hybridized carbons (Fsp3) is 0.273. The van der Waals surface area contributed by atoms with E-state index in [1.165, 1.54) is 0 Å². The lowest BCUT2D eigenvalue weighted by Crippen LogP contribution is -2.02. The van der Waals surface area contributed by atoms with Gasteiger partial charge in [0.2, 0.25) is 0 Å². The van der Waals surface area contributed by atoms with Crippen LogP contribution in [0.15, 0.2) is 18.2 Å². The Bertz CT molecular complexity index is 344. The molecule has 0 aliphatic rings. The molecule has 0 radical (unpaired) electrons. The summed E-state index contributed by atoms with van der Waals surface area (Å²) in [4.78, 5) is 0. The number of hydrogen-bond acceptors (Lipinski definition) is 2. The zero-order chi connectivity index (χ0) is 10.4. The summed E-state index contributed by atoms with van der Waals surface area (Å²) in [6.07, 6.45) is 5.15. The summed E-state index contributed by atoms with van der Waals surface area (Å²) < 4.78 is 5.40. The van der Waals surface area contributed by atoms with Crippen LogP contribution in [-0.4, -0.2) is 13.2 Å². The predicted octanol–water partition coefficient (Wildman–Crippen LogP) is 2.78. The zero-order valence-corrected chi connectivity index (χ0v) is 8.77. The van der Waals surface area contributed by atoms with Crippen LogP contribution < -0.4 is 10.1 Å². The van der Waals surface area contributed by atoms with E-state index in [4.69, 9.17) is 22.8 Å². The summed E-state index contributed by atoms with van der Waals surface area (Å²) >= 11 is 5.85. The number of benzene rings is 1. The average molecular weight is 210 g/mol. The molecule has 3 heteroatoms. The van der Waals surface area contributed by atoms with Crippen LogP contribution in [0, 0.1) is 12.3 Å². The average Bonchev–Trinajstić information content (AvgIpc) is 2.18. The second-order valence-electron chi connectivity index (χ2n) is 2.63. The molecule has 14 heavy (non-hydrogen) atoms. The highest BCUT2D eigenvalue weighted by molar-refractivity contribution is 6.30. The van der Waals surface area contributed by atoms with Crippen molar-refractivity contribution >= 4 is 17.3 Å². The molecule has 0 aromatic heterocycles. The largest absolute Gasteiger partial charge is 0.492 e. The van der Waals surface area contributed by atoms with Gasteiger partial charge in [0, 0.05) is 5.02 Å². The van der Waals surface area contributed by atoms with E-state index in [2.05, 4.69) is 11.2 Å². The van der Waals surface area contributed by atoms with Crippen molar-refractivity contribution in [2.75, 3.05) is 18.5 Å². The minimum atomic E-state index is 0.459. The molecular weight excluding hydrogens is 198 g/mol. The molecule has 0 spiro atoms. The maximum absolute atomic E-state index is 5.85. The first kappa shape index (κ1) is 10.7. The van der Waals surface area contributed by atoms with Gasteiger partial charge >= 0.3 is 0 Å². The van der Waals surface area contributed by atoms with Crippen LogP contribution in [-0.2, 0) is 0 Å². The maximum atomic E-state index is 5.85. The highest BCUT2D eigenvalue weighted by Crippen LogP contribution is 2.27. The summed E-state index contributed by atoms with van der Waals surface area (Å²) in [5, 5.41) is 3.70. The van der Waals surface area contributed by atoms with Crippen molar-refractivity contribution in [3.05, 3.63) is 23.2 Å². The number of ether oxygens (including phenoxy) is 1. The van der Waals surface area contributed by atoms with Gasteiger partial charge < -0.3 is 10.1 Å². The molecule has 1 N–H and O–H groups in total. The van der Waals surface area contributed by atoms with E-state index in [1.807, 2.05) is 13.0 Å². The first-order chi connectivity index (χ1) is 6.77. The molecule has 0 atom stereocenters. The summed E-state index contributed by atoms with van der Waals surface area (Å²) in [6.45, 7) is 3.01. The molecular formula is C11H12ClNO. The summed E-state index contributed by atoms with van der Waals surface area (Å²) in [5.41, 5.74) is 0.831. The fourth-order valence-corrected chi connectivity index (χ4v) is 1.24. The van der Waals surface area contributed by atoms with Crippen molar-refractivity contribution in [1.29, 1.82) is 0 Å². The van der Waals surface area contributed by atoms with Crippen LogP contribution in [0.25, 0.3) is 0 Å². The Kier molecular flexibility index (Phi) is 4.15. The second-order valence-corrected chi connectivity index (χ2v) is 3.07. The Morgan fingerprint density at radius 3 is 3.00 bits per heavy atom. The van der Waals surface area contributed by atoms with Gasteiger partial charge in [-0.3, -0.25) is 0 Å². The molecule has 1 aromatic carbocycles. The molecule has 0 bridgehead atoms. The van der Waals surface area contributed by atoms with Gasteiger partial charge in [0.25, 0.3) is 0 Å². The van der Waals surface area contributed by atoms with Crippen molar-refractivity contribution in [3.63, 3.8) is 0 Å². The number of terminal acetylenes is 1. The summed E-state index contributed by atoms with van der Waals surface area (Å²) in [7, 11) is 0. The molecule has 0 saturated carbocycles. The van der Waals surface area contributed by atoms with E-state index in [1.54, 1.807) is 12.1 Å². The number of halogens is 1. The SMILES string of the molecule is C#CCNc1cc(Cl)ccc1OCC. The Morgan fingerprint density at radius 1 is 1.57 bits per heavy atom. The van der Waals surface area contributed by atoms with Gasteiger partial charge in [-0.25, -0.2) is 0 Å². The standard InChI is InChI=1S/C11H12ClNO/c1-3-7-13-10-8-9(12)5-6-11(10)14-4-2/h1,5-6,8,13H,4,7H2,2H3. The highest BCUT2D eigenvalue weighted by atomic mass is 35.5. The van der Waals surface area contributed by atoms with Gasteiger partial charge in [0.15, 0.2) is 0 Å². The van der Waals surface area contributed by atoms with Gasteiger partial charge in [-0.15, -0.1) is 6.42 Å². The Labute approximate surface area is 89.2 Å². The molecule has 0 aliphatic carbocycles. The first-order valence-electron chi connectivity index (χ1n) is 4.37. The van der Waals surface area contributed by atoms with E-state index in [0.717, 1.165) is 11.4 Å². The van der Waals surface area contributed by atoms with Gasteiger partial charge in [-0.05, 0) is 25.1 Å². The number of rotatable bonds is 4. The van der Waals surface area contributed by atoms with Crippen molar-refractivity contribution in [3.8, 4) is 18.1 Å². The van der Waals surface area contributed by atoms with Gasteiger partial charge in [-0.1, -0.05) is 17.5 Å². The molecule has 0 heterocycles. The molecule has 0 fully saturated rings. The Balaban J connectivity index is 2.86. The van der Waals surface area contributed by atoms with Crippen LogP contribution >= 0.6 is 11.6 Å². The summed E-state index contributed by atoms with van der Waals surface area (Å²) in [6, 6.07) is 5.40. The maximum Gasteiger partial charge on any atom is 0.142 e. The van der Waals surface area contributed by atoms with E-state index in [9.17, 15) is 0 Å². The Hall–Kier alpha value is -1.33. The van der Waals surface area contributed by atoms with E-state index in [-0.39, 0.29) is 0 Å². The topological polar surface area (TPSA) is 21.3 Å². The molecule has 0 aliphatic heterocycles. The highest BCUT2D eigenvalue weighted by Gasteiger charge is 2.02. The monoisotopic (exact) mass is 209 g/mol. The summed E-state index contributed by atoms with van der Waals surface area (Å²) in [5.74, 6) is 3.27. The Morgan fingerprint density at radius 2 is 2.36 bits per heavy atom. The lowest BCUT2D eigenvalue weighted by molar-refractivity contribution is 0.342. The quantitative estimate of drug-likeness (QED) is 0.770. The van der Waals surface area contributed by atoms with Crippen LogP contribution in [0.4, 0.5) is 5.69 Å². The lowest BCUT2D eigenvalue weighted by atomic mass is 10.3. The van der Waals surface area contributed by atoms with Gasteiger partial charge in [0.05, 0.1) is 18.8 Å².